The summed E-state index contributed by atoms with van der Waals surface area (Å²) < 4.78 is 0. The number of hydrogen-bond donors (Lipinski definition) is 1. The van der Waals surface area contributed by atoms with Gasteiger partial charge < -0.3 is 10.6 Å². The SMILES string of the molecule is CN(CC1CC1)C(=O)c1cc(N)nc(C(C)(C)C)c1. The summed E-state index contributed by atoms with van der Waals surface area (Å²) in [6, 6.07) is 3.53. The molecule has 4 heteroatoms. The van der Waals surface area contributed by atoms with Gasteiger partial charge in [-0.05, 0) is 30.9 Å². The van der Waals surface area contributed by atoms with Crippen LogP contribution >= 0.6 is 0 Å². The van der Waals surface area contributed by atoms with E-state index in [1.165, 1.54) is 12.8 Å². The number of anilines is 1. The van der Waals surface area contributed by atoms with Gasteiger partial charge in [0.25, 0.3) is 5.91 Å². The number of nitrogens with zero attached hydrogens (tertiary/aromatic N) is 2. The normalized spacial score (nSPS) is 15.4. The number of aromatic nitrogens is 1. The van der Waals surface area contributed by atoms with Crippen molar-refractivity contribution in [3.63, 3.8) is 0 Å². The highest BCUT2D eigenvalue weighted by Crippen LogP contribution is 2.30. The van der Waals surface area contributed by atoms with Crippen molar-refractivity contribution in [2.45, 2.75) is 39.0 Å². The van der Waals surface area contributed by atoms with Gasteiger partial charge in [0.1, 0.15) is 5.82 Å². The third kappa shape index (κ3) is 3.46. The van der Waals surface area contributed by atoms with Crippen LogP contribution in [0.2, 0.25) is 0 Å². The van der Waals surface area contributed by atoms with Gasteiger partial charge in [0.2, 0.25) is 0 Å². The average Bonchev–Trinajstić information content (AvgIpc) is 3.09. The van der Waals surface area contributed by atoms with Gasteiger partial charge in [0.05, 0.1) is 0 Å². The Kier molecular flexibility index (Phi) is 3.52. The van der Waals surface area contributed by atoms with Crippen LogP contribution in [0.3, 0.4) is 0 Å². The number of hydrogen-bond acceptors (Lipinski definition) is 3. The zero-order chi connectivity index (χ0) is 14.2. The predicted octanol–water partition coefficient (Wildman–Crippen LogP) is 2.44. The highest BCUT2D eigenvalue weighted by atomic mass is 16.2. The molecule has 1 aliphatic rings. The Morgan fingerprint density at radius 2 is 2.05 bits per heavy atom. The second-order valence-corrected chi connectivity index (χ2v) is 6.54. The van der Waals surface area contributed by atoms with Crippen molar-refractivity contribution in [2.24, 2.45) is 5.92 Å². The van der Waals surface area contributed by atoms with Crippen LogP contribution in [0.4, 0.5) is 5.82 Å². The minimum absolute atomic E-state index is 0.0338. The first-order valence-electron chi connectivity index (χ1n) is 6.81. The van der Waals surface area contributed by atoms with E-state index >= 15 is 0 Å². The van der Waals surface area contributed by atoms with Crippen LogP contribution in [-0.2, 0) is 5.41 Å². The fraction of sp³-hybridized carbons (Fsp3) is 0.600. The molecule has 1 aromatic rings. The lowest BCUT2D eigenvalue weighted by Gasteiger charge is -2.21. The molecular weight excluding hydrogens is 238 g/mol. The molecule has 1 heterocycles. The quantitative estimate of drug-likeness (QED) is 0.909. The van der Waals surface area contributed by atoms with Crippen molar-refractivity contribution in [2.75, 3.05) is 19.3 Å². The minimum atomic E-state index is -0.112. The predicted molar refractivity (Wildman–Crippen MR) is 77.0 cm³/mol. The number of nitrogens with two attached hydrogens (primary N) is 1. The van der Waals surface area contributed by atoms with Crippen LogP contribution < -0.4 is 5.73 Å². The van der Waals surface area contributed by atoms with Gasteiger partial charge in [-0.1, -0.05) is 20.8 Å². The van der Waals surface area contributed by atoms with Crippen molar-refractivity contribution >= 4 is 11.7 Å². The van der Waals surface area contributed by atoms with Crippen molar-refractivity contribution in [1.82, 2.24) is 9.88 Å². The number of carbonyl (C=O) groups is 1. The molecule has 0 aliphatic heterocycles. The molecule has 0 aromatic carbocycles. The van der Waals surface area contributed by atoms with Gasteiger partial charge in [-0.2, -0.15) is 0 Å². The molecule has 1 amide bonds. The maximum absolute atomic E-state index is 12.4. The Morgan fingerprint density at radius 1 is 1.42 bits per heavy atom. The van der Waals surface area contributed by atoms with E-state index in [2.05, 4.69) is 25.8 Å². The molecule has 0 bridgehead atoms. The molecule has 1 aromatic heterocycles. The van der Waals surface area contributed by atoms with Crippen molar-refractivity contribution in [1.29, 1.82) is 0 Å². The second-order valence-electron chi connectivity index (χ2n) is 6.54. The zero-order valence-electron chi connectivity index (χ0n) is 12.2. The van der Waals surface area contributed by atoms with E-state index in [1.807, 2.05) is 13.1 Å². The van der Waals surface area contributed by atoms with E-state index in [4.69, 9.17) is 5.73 Å². The van der Waals surface area contributed by atoms with Crippen molar-refractivity contribution in [3.8, 4) is 0 Å². The van der Waals surface area contributed by atoms with Crippen molar-refractivity contribution in [3.05, 3.63) is 23.4 Å². The molecule has 2 rings (SSSR count). The number of amides is 1. The Morgan fingerprint density at radius 3 is 2.58 bits per heavy atom. The molecular formula is C15H23N3O. The molecule has 0 saturated heterocycles. The zero-order valence-corrected chi connectivity index (χ0v) is 12.2. The topological polar surface area (TPSA) is 59.2 Å². The third-order valence-corrected chi connectivity index (χ3v) is 3.44. The van der Waals surface area contributed by atoms with Crippen LogP contribution in [-0.4, -0.2) is 29.4 Å². The summed E-state index contributed by atoms with van der Waals surface area (Å²) in [5.41, 5.74) is 7.21. The van der Waals surface area contributed by atoms with Gasteiger partial charge in [0, 0.05) is 30.3 Å². The highest BCUT2D eigenvalue weighted by molar-refractivity contribution is 5.94. The van der Waals surface area contributed by atoms with Crippen LogP contribution in [0.25, 0.3) is 0 Å². The van der Waals surface area contributed by atoms with Gasteiger partial charge in [-0.3, -0.25) is 4.79 Å². The first-order valence-corrected chi connectivity index (χ1v) is 6.81. The van der Waals surface area contributed by atoms with E-state index in [0.717, 1.165) is 12.2 Å². The second kappa shape index (κ2) is 4.83. The van der Waals surface area contributed by atoms with Gasteiger partial charge >= 0.3 is 0 Å². The Balaban J connectivity index is 2.23. The van der Waals surface area contributed by atoms with Gasteiger partial charge in [-0.15, -0.1) is 0 Å². The Labute approximate surface area is 115 Å². The lowest BCUT2D eigenvalue weighted by molar-refractivity contribution is 0.0788. The first kappa shape index (κ1) is 13.8. The average molecular weight is 261 g/mol. The molecule has 0 atom stereocenters. The summed E-state index contributed by atoms with van der Waals surface area (Å²) in [5.74, 6) is 1.14. The smallest absolute Gasteiger partial charge is 0.253 e. The summed E-state index contributed by atoms with van der Waals surface area (Å²) >= 11 is 0. The van der Waals surface area contributed by atoms with Gasteiger partial charge in [0.15, 0.2) is 0 Å². The lowest BCUT2D eigenvalue weighted by atomic mass is 9.90. The van der Waals surface area contributed by atoms with E-state index in [0.29, 0.717) is 17.3 Å². The Hall–Kier alpha value is -1.58. The van der Waals surface area contributed by atoms with Crippen LogP contribution in [0.15, 0.2) is 12.1 Å². The molecule has 0 radical (unpaired) electrons. The molecule has 1 aliphatic carbocycles. The van der Waals surface area contributed by atoms with E-state index < -0.39 is 0 Å². The maximum Gasteiger partial charge on any atom is 0.253 e. The van der Waals surface area contributed by atoms with E-state index in [-0.39, 0.29) is 11.3 Å². The Bertz CT molecular complexity index is 487. The largest absolute Gasteiger partial charge is 0.384 e. The van der Waals surface area contributed by atoms with Crippen LogP contribution in [0.1, 0.15) is 49.7 Å². The standard InChI is InChI=1S/C15H23N3O/c1-15(2,3)12-7-11(8-13(16)17-12)14(19)18(4)9-10-5-6-10/h7-8,10H,5-6,9H2,1-4H3,(H2,16,17). The first-order chi connectivity index (χ1) is 8.77. The number of nitrogen functional groups attached to an aromatic ring is 1. The minimum Gasteiger partial charge on any atom is -0.384 e. The molecule has 2 N–H and O–H groups in total. The van der Waals surface area contributed by atoms with Crippen LogP contribution in [0.5, 0.6) is 0 Å². The fourth-order valence-electron chi connectivity index (χ4n) is 2.05. The van der Waals surface area contributed by atoms with Crippen molar-refractivity contribution < 1.29 is 4.79 Å². The van der Waals surface area contributed by atoms with Crippen LogP contribution in [0, 0.1) is 5.92 Å². The molecule has 4 nitrogen and oxygen atoms in total. The summed E-state index contributed by atoms with van der Waals surface area (Å²) in [4.78, 5) is 18.5. The molecule has 0 unspecified atom stereocenters. The summed E-state index contributed by atoms with van der Waals surface area (Å²) in [7, 11) is 1.86. The fourth-order valence-corrected chi connectivity index (χ4v) is 2.05. The monoisotopic (exact) mass is 261 g/mol. The molecule has 19 heavy (non-hydrogen) atoms. The molecule has 1 fully saturated rings. The molecule has 1 saturated carbocycles. The number of pyridine rings is 1. The maximum atomic E-state index is 12.4. The number of rotatable bonds is 3. The molecule has 0 spiro atoms. The lowest BCUT2D eigenvalue weighted by Crippen LogP contribution is -2.29. The van der Waals surface area contributed by atoms with Gasteiger partial charge in [-0.25, -0.2) is 4.98 Å². The van der Waals surface area contributed by atoms with E-state index in [9.17, 15) is 4.79 Å². The summed E-state index contributed by atoms with van der Waals surface area (Å²) in [6.45, 7) is 7.04. The number of carbonyl (C=O) groups excluding carboxylic acids is 1. The highest BCUT2D eigenvalue weighted by Gasteiger charge is 2.26. The summed E-state index contributed by atoms with van der Waals surface area (Å²) in [5, 5.41) is 0. The molecule has 104 valence electrons. The van der Waals surface area contributed by atoms with E-state index in [1.54, 1.807) is 11.0 Å². The third-order valence-electron chi connectivity index (χ3n) is 3.44. The summed E-state index contributed by atoms with van der Waals surface area (Å²) in [6.07, 6.45) is 2.48.